The second kappa shape index (κ2) is 8.42. The van der Waals surface area contributed by atoms with E-state index in [9.17, 15) is 9.59 Å². The molecule has 1 aromatic rings. The number of piperidine rings is 1. The molecule has 0 N–H and O–H groups in total. The molecular weight excluding hydrogens is 340 g/mol. The average Bonchev–Trinajstić information content (AvgIpc) is 2.90. The first kappa shape index (κ1) is 19.9. The number of anilines is 1. The van der Waals surface area contributed by atoms with Gasteiger partial charge in [0.05, 0.1) is 5.69 Å². The first-order chi connectivity index (χ1) is 13.0. The Morgan fingerprint density at radius 1 is 1.15 bits per heavy atom. The number of likely N-dealkylation sites (N-methyl/N-ethyl adjacent to an activating group) is 1. The lowest BCUT2D eigenvalue weighted by molar-refractivity contribution is -0.145. The van der Waals surface area contributed by atoms with Crippen LogP contribution in [-0.4, -0.2) is 43.5 Å². The van der Waals surface area contributed by atoms with Crippen LogP contribution in [0.2, 0.25) is 0 Å². The third kappa shape index (κ3) is 3.62. The van der Waals surface area contributed by atoms with Crippen molar-refractivity contribution >= 4 is 17.5 Å². The Bertz CT molecular complexity index is 697. The summed E-state index contributed by atoms with van der Waals surface area (Å²) < 4.78 is 6.24. The molecule has 1 atom stereocenters. The largest absolute Gasteiger partial charge is 0.360 e. The van der Waals surface area contributed by atoms with E-state index in [1.54, 1.807) is 11.9 Å². The smallest absolute Gasteiger partial charge is 0.263 e. The quantitative estimate of drug-likeness (QED) is 0.677. The van der Waals surface area contributed by atoms with Crippen molar-refractivity contribution in [3.05, 3.63) is 29.3 Å². The number of likely N-dealkylation sites (tertiary alicyclic amines) is 1. The number of fused-ring (bicyclic) bond motifs is 1. The minimum Gasteiger partial charge on any atom is -0.360 e. The number of ether oxygens (including phenoxy) is 1. The van der Waals surface area contributed by atoms with Crippen molar-refractivity contribution in [2.45, 2.75) is 64.4 Å². The van der Waals surface area contributed by atoms with Crippen LogP contribution in [0.15, 0.2) is 18.2 Å². The summed E-state index contributed by atoms with van der Waals surface area (Å²) in [6.45, 7) is 6.38. The van der Waals surface area contributed by atoms with Crippen LogP contribution >= 0.6 is 0 Å². The molecule has 148 valence electrons. The predicted molar refractivity (Wildman–Crippen MR) is 107 cm³/mol. The summed E-state index contributed by atoms with van der Waals surface area (Å²) in [4.78, 5) is 29.8. The lowest BCUT2D eigenvalue weighted by atomic mass is 9.89. The number of nitrogens with zero attached hydrogens (tertiary/aromatic N) is 2. The number of rotatable bonds is 7. The van der Waals surface area contributed by atoms with Crippen molar-refractivity contribution in [2.75, 3.05) is 31.6 Å². The van der Waals surface area contributed by atoms with Gasteiger partial charge in [0, 0.05) is 37.9 Å². The molecule has 3 rings (SSSR count). The molecule has 0 bridgehead atoms. The molecule has 2 aliphatic heterocycles. The molecule has 0 aromatic heterocycles. The fourth-order valence-corrected chi connectivity index (χ4v) is 4.26. The molecule has 1 aromatic carbocycles. The Morgan fingerprint density at radius 3 is 2.56 bits per heavy atom. The van der Waals surface area contributed by atoms with Crippen LogP contribution in [0.3, 0.4) is 0 Å². The van der Waals surface area contributed by atoms with Gasteiger partial charge in [0.1, 0.15) is 0 Å². The first-order valence-electron chi connectivity index (χ1n) is 10.4. The van der Waals surface area contributed by atoms with E-state index in [4.69, 9.17) is 4.74 Å². The Balaban J connectivity index is 1.97. The molecule has 1 unspecified atom stereocenters. The zero-order valence-electron chi connectivity index (χ0n) is 16.9. The SMILES string of the molecule is CCCCOC1(CCC)C(=O)N(C)c2ccc(C(=O)N3CCCCC3)cc21. The van der Waals surface area contributed by atoms with E-state index in [-0.39, 0.29) is 11.8 Å². The van der Waals surface area contributed by atoms with E-state index < -0.39 is 5.60 Å². The van der Waals surface area contributed by atoms with Crippen LogP contribution in [-0.2, 0) is 15.1 Å². The van der Waals surface area contributed by atoms with Crippen molar-refractivity contribution in [3.63, 3.8) is 0 Å². The molecule has 0 radical (unpaired) electrons. The van der Waals surface area contributed by atoms with E-state index >= 15 is 0 Å². The molecule has 2 aliphatic rings. The number of amides is 2. The number of carbonyl (C=O) groups excluding carboxylic acids is 2. The third-order valence-electron chi connectivity index (χ3n) is 5.78. The van der Waals surface area contributed by atoms with Crippen molar-refractivity contribution in [1.82, 2.24) is 4.90 Å². The highest BCUT2D eigenvalue weighted by atomic mass is 16.5. The normalized spacial score (nSPS) is 22.3. The van der Waals surface area contributed by atoms with Gasteiger partial charge in [0.2, 0.25) is 0 Å². The van der Waals surface area contributed by atoms with Gasteiger partial charge < -0.3 is 14.5 Å². The summed E-state index contributed by atoms with van der Waals surface area (Å²) in [6, 6.07) is 5.67. The van der Waals surface area contributed by atoms with Gasteiger partial charge in [-0.1, -0.05) is 26.7 Å². The lowest BCUT2D eigenvalue weighted by Crippen LogP contribution is -2.41. The minimum absolute atomic E-state index is 0.0157. The van der Waals surface area contributed by atoms with E-state index in [1.807, 2.05) is 23.1 Å². The van der Waals surface area contributed by atoms with Gasteiger partial charge in [-0.05, 0) is 50.3 Å². The van der Waals surface area contributed by atoms with Gasteiger partial charge in [-0.15, -0.1) is 0 Å². The van der Waals surface area contributed by atoms with Gasteiger partial charge in [-0.25, -0.2) is 0 Å². The highest BCUT2D eigenvalue weighted by molar-refractivity contribution is 6.08. The summed E-state index contributed by atoms with van der Waals surface area (Å²) in [6.07, 6.45) is 6.74. The summed E-state index contributed by atoms with van der Waals surface area (Å²) in [5.41, 5.74) is 1.43. The molecule has 0 saturated carbocycles. The first-order valence-corrected chi connectivity index (χ1v) is 10.4. The van der Waals surface area contributed by atoms with Crippen LogP contribution in [0, 0.1) is 0 Å². The third-order valence-corrected chi connectivity index (χ3v) is 5.78. The molecule has 1 saturated heterocycles. The molecule has 1 fully saturated rings. The maximum atomic E-state index is 13.2. The monoisotopic (exact) mass is 372 g/mol. The van der Waals surface area contributed by atoms with Gasteiger partial charge in [-0.3, -0.25) is 9.59 Å². The van der Waals surface area contributed by atoms with Gasteiger partial charge >= 0.3 is 0 Å². The second-order valence-electron chi connectivity index (χ2n) is 7.73. The summed E-state index contributed by atoms with van der Waals surface area (Å²) in [5, 5.41) is 0. The fraction of sp³-hybridized carbons (Fsp3) is 0.636. The maximum absolute atomic E-state index is 13.2. The van der Waals surface area contributed by atoms with Crippen LogP contribution in [0.1, 0.15) is 74.7 Å². The van der Waals surface area contributed by atoms with E-state index in [0.29, 0.717) is 18.6 Å². The van der Waals surface area contributed by atoms with E-state index in [0.717, 1.165) is 56.4 Å². The number of unbranched alkanes of at least 4 members (excludes halogenated alkanes) is 1. The molecule has 27 heavy (non-hydrogen) atoms. The second-order valence-corrected chi connectivity index (χ2v) is 7.73. The zero-order valence-corrected chi connectivity index (χ0v) is 16.9. The average molecular weight is 373 g/mol. The predicted octanol–water partition coefficient (Wildman–Crippen LogP) is 4.10. The van der Waals surface area contributed by atoms with Crippen LogP contribution < -0.4 is 4.90 Å². The fourth-order valence-electron chi connectivity index (χ4n) is 4.26. The highest BCUT2D eigenvalue weighted by Crippen LogP contribution is 2.45. The summed E-state index contributed by atoms with van der Waals surface area (Å²) in [7, 11) is 1.80. The number of carbonyl (C=O) groups is 2. The maximum Gasteiger partial charge on any atom is 0.263 e. The van der Waals surface area contributed by atoms with Crippen LogP contribution in [0.4, 0.5) is 5.69 Å². The molecule has 2 amide bonds. The van der Waals surface area contributed by atoms with E-state index in [2.05, 4.69) is 13.8 Å². The minimum atomic E-state index is -0.952. The molecule has 0 spiro atoms. The molecule has 5 heteroatoms. The van der Waals surface area contributed by atoms with Gasteiger partial charge in [-0.2, -0.15) is 0 Å². The Morgan fingerprint density at radius 2 is 1.89 bits per heavy atom. The van der Waals surface area contributed by atoms with Crippen molar-refractivity contribution in [1.29, 1.82) is 0 Å². The highest BCUT2D eigenvalue weighted by Gasteiger charge is 2.50. The standard InChI is InChI=1S/C22H32N2O3/c1-4-6-15-27-22(12-5-2)18-16-17(10-11-19(18)23(3)21(22)26)20(25)24-13-8-7-9-14-24/h10-11,16H,4-9,12-15H2,1-3H3. The number of hydrogen-bond acceptors (Lipinski definition) is 3. The van der Waals surface area contributed by atoms with Gasteiger partial charge in [0.15, 0.2) is 5.60 Å². The van der Waals surface area contributed by atoms with Gasteiger partial charge in [0.25, 0.3) is 11.8 Å². The molecule has 5 nitrogen and oxygen atoms in total. The topological polar surface area (TPSA) is 49.9 Å². The summed E-state index contributed by atoms with van der Waals surface area (Å²) >= 11 is 0. The lowest BCUT2D eigenvalue weighted by Gasteiger charge is -2.29. The van der Waals surface area contributed by atoms with Crippen molar-refractivity contribution < 1.29 is 14.3 Å². The Hall–Kier alpha value is -1.88. The van der Waals surface area contributed by atoms with Crippen LogP contribution in [0.25, 0.3) is 0 Å². The van der Waals surface area contributed by atoms with Crippen molar-refractivity contribution in [2.24, 2.45) is 0 Å². The van der Waals surface area contributed by atoms with Crippen LogP contribution in [0.5, 0.6) is 0 Å². The summed E-state index contributed by atoms with van der Waals surface area (Å²) in [5.74, 6) is 0.0523. The van der Waals surface area contributed by atoms with E-state index in [1.165, 1.54) is 6.42 Å². The zero-order chi connectivity index (χ0) is 19.4. The molecule has 2 heterocycles. The number of hydrogen-bond donors (Lipinski definition) is 0. The molecule has 0 aliphatic carbocycles. The molecular formula is C22H32N2O3. The Labute approximate surface area is 162 Å². The Kier molecular flexibility index (Phi) is 6.20. The van der Waals surface area contributed by atoms with Crippen molar-refractivity contribution in [3.8, 4) is 0 Å². The number of benzene rings is 1.